The number of hydrogen-bond donors (Lipinski definition) is 3. The van der Waals surface area contributed by atoms with E-state index >= 15 is 0 Å². The summed E-state index contributed by atoms with van der Waals surface area (Å²) in [6.07, 6.45) is 1.34. The number of anilines is 1. The summed E-state index contributed by atoms with van der Waals surface area (Å²) >= 11 is 0. The van der Waals surface area contributed by atoms with Crippen LogP contribution in [-0.2, 0) is 4.79 Å². The monoisotopic (exact) mass is 536 g/mol. The molecule has 2 aromatic carbocycles. The van der Waals surface area contributed by atoms with E-state index in [1.165, 1.54) is 16.7 Å². The highest BCUT2D eigenvalue weighted by atomic mass is 127. The van der Waals surface area contributed by atoms with Crippen LogP contribution in [0.4, 0.5) is 5.69 Å². The standard InChI is InChI=1S/C24H32N4O2.HI/c1-16-12-17(2)18(3)22(13-16)30-11-7-10-26-24(25-4)27-15-19-14-23(29)28-21-9-6-5-8-20(19)21;/h5-6,8-9,12-13,19H,7,10-11,14-15H2,1-4H3,(H,28,29)(H2,25,26,27);1H. The molecule has 0 fully saturated rings. The molecule has 1 atom stereocenters. The van der Waals surface area contributed by atoms with Gasteiger partial charge in [0.1, 0.15) is 5.75 Å². The Bertz CT molecular complexity index is 930. The van der Waals surface area contributed by atoms with Crippen molar-refractivity contribution in [1.29, 1.82) is 0 Å². The van der Waals surface area contributed by atoms with Crippen molar-refractivity contribution in [2.45, 2.75) is 39.5 Å². The lowest BCUT2D eigenvalue weighted by Crippen LogP contribution is -2.41. The molecule has 3 N–H and O–H groups in total. The largest absolute Gasteiger partial charge is 0.493 e. The van der Waals surface area contributed by atoms with Crippen molar-refractivity contribution in [3.8, 4) is 5.75 Å². The van der Waals surface area contributed by atoms with Crippen LogP contribution in [0, 0.1) is 20.8 Å². The predicted octanol–water partition coefficient (Wildman–Crippen LogP) is 4.29. The van der Waals surface area contributed by atoms with Crippen LogP contribution >= 0.6 is 24.0 Å². The molecule has 0 bridgehead atoms. The summed E-state index contributed by atoms with van der Waals surface area (Å²) in [6, 6.07) is 12.2. The van der Waals surface area contributed by atoms with E-state index in [1.807, 2.05) is 18.2 Å². The average molecular weight is 536 g/mol. The molecule has 0 aromatic heterocycles. The maximum Gasteiger partial charge on any atom is 0.225 e. The van der Waals surface area contributed by atoms with Gasteiger partial charge in [0.15, 0.2) is 5.96 Å². The maximum absolute atomic E-state index is 12.0. The number of rotatable bonds is 7. The van der Waals surface area contributed by atoms with E-state index in [4.69, 9.17) is 4.74 Å². The molecule has 0 saturated heterocycles. The molecule has 2 aromatic rings. The number of fused-ring (bicyclic) bond motifs is 1. The number of carbonyl (C=O) groups is 1. The van der Waals surface area contributed by atoms with Gasteiger partial charge in [0.2, 0.25) is 5.91 Å². The second kappa shape index (κ2) is 11.9. The van der Waals surface area contributed by atoms with Gasteiger partial charge in [-0.25, -0.2) is 0 Å². The lowest BCUT2D eigenvalue weighted by Gasteiger charge is -2.26. The quantitative estimate of drug-likeness (QED) is 0.214. The highest BCUT2D eigenvalue weighted by molar-refractivity contribution is 14.0. The first kappa shape index (κ1) is 25.0. The topological polar surface area (TPSA) is 74.8 Å². The molecule has 6 nitrogen and oxygen atoms in total. The number of benzene rings is 2. The summed E-state index contributed by atoms with van der Waals surface area (Å²) in [5, 5.41) is 9.62. The van der Waals surface area contributed by atoms with Crippen LogP contribution in [0.15, 0.2) is 41.4 Å². The zero-order valence-corrected chi connectivity index (χ0v) is 21.1. The number of ether oxygens (including phenoxy) is 1. The Hall–Kier alpha value is -2.29. The highest BCUT2D eigenvalue weighted by Gasteiger charge is 2.24. The molecule has 0 radical (unpaired) electrons. The van der Waals surface area contributed by atoms with Gasteiger partial charge in [0, 0.05) is 38.2 Å². The molecule has 1 amide bonds. The van der Waals surface area contributed by atoms with Gasteiger partial charge in [-0.15, -0.1) is 24.0 Å². The van der Waals surface area contributed by atoms with Gasteiger partial charge >= 0.3 is 0 Å². The Balaban J connectivity index is 0.00000341. The number of amides is 1. The molecule has 1 aliphatic heterocycles. The normalized spacial score (nSPS) is 15.4. The summed E-state index contributed by atoms with van der Waals surface area (Å²) in [4.78, 5) is 16.3. The minimum atomic E-state index is 0. The Labute approximate surface area is 202 Å². The third-order valence-corrected chi connectivity index (χ3v) is 5.48. The first-order chi connectivity index (χ1) is 14.5. The molecule has 0 saturated carbocycles. The van der Waals surface area contributed by atoms with E-state index in [-0.39, 0.29) is 35.8 Å². The third kappa shape index (κ3) is 6.85. The van der Waals surface area contributed by atoms with Gasteiger partial charge in [-0.3, -0.25) is 9.79 Å². The molecule has 7 heteroatoms. The Kier molecular flexibility index (Phi) is 9.61. The van der Waals surface area contributed by atoms with Crippen molar-refractivity contribution in [3.05, 3.63) is 58.7 Å². The fourth-order valence-electron chi connectivity index (χ4n) is 3.74. The van der Waals surface area contributed by atoms with Gasteiger partial charge in [-0.2, -0.15) is 0 Å². The SMILES string of the molecule is CN=C(NCCCOc1cc(C)cc(C)c1C)NCC1CC(=O)Nc2ccccc21.I. The van der Waals surface area contributed by atoms with Crippen molar-refractivity contribution in [3.63, 3.8) is 0 Å². The number of carbonyl (C=O) groups excluding carboxylic acids is 1. The Morgan fingerprint density at radius 1 is 1.19 bits per heavy atom. The number of aryl methyl sites for hydroxylation is 2. The minimum absolute atomic E-state index is 0. The van der Waals surface area contributed by atoms with Crippen LogP contribution in [0.5, 0.6) is 5.75 Å². The predicted molar refractivity (Wildman–Crippen MR) is 138 cm³/mol. The second-order valence-corrected chi connectivity index (χ2v) is 7.82. The number of aliphatic imine (C=N–C) groups is 1. The molecule has 3 rings (SSSR count). The van der Waals surface area contributed by atoms with Gasteiger partial charge < -0.3 is 20.7 Å². The third-order valence-electron chi connectivity index (χ3n) is 5.48. The summed E-state index contributed by atoms with van der Waals surface area (Å²) in [5.41, 5.74) is 5.74. The zero-order chi connectivity index (χ0) is 21.5. The maximum atomic E-state index is 12.0. The van der Waals surface area contributed by atoms with E-state index in [0.717, 1.165) is 35.9 Å². The van der Waals surface area contributed by atoms with Gasteiger partial charge in [0.05, 0.1) is 6.61 Å². The molecule has 168 valence electrons. The smallest absolute Gasteiger partial charge is 0.225 e. The number of nitrogens with zero attached hydrogens (tertiary/aromatic N) is 1. The van der Waals surface area contributed by atoms with Crippen molar-refractivity contribution >= 4 is 41.5 Å². The van der Waals surface area contributed by atoms with Gasteiger partial charge in [-0.1, -0.05) is 24.3 Å². The molecule has 0 spiro atoms. The highest BCUT2D eigenvalue weighted by Crippen LogP contribution is 2.31. The van der Waals surface area contributed by atoms with Crippen LogP contribution in [0.25, 0.3) is 0 Å². The lowest BCUT2D eigenvalue weighted by atomic mass is 9.90. The first-order valence-corrected chi connectivity index (χ1v) is 10.5. The van der Waals surface area contributed by atoms with Crippen LogP contribution < -0.4 is 20.7 Å². The van der Waals surface area contributed by atoms with Crippen LogP contribution in [-0.4, -0.2) is 38.6 Å². The number of para-hydroxylation sites is 1. The van der Waals surface area contributed by atoms with E-state index in [0.29, 0.717) is 19.6 Å². The summed E-state index contributed by atoms with van der Waals surface area (Å²) in [6.45, 7) is 8.35. The number of nitrogens with one attached hydrogen (secondary N) is 3. The Morgan fingerprint density at radius 3 is 2.74 bits per heavy atom. The first-order valence-electron chi connectivity index (χ1n) is 10.5. The molecule has 1 aliphatic rings. The molecule has 1 unspecified atom stereocenters. The zero-order valence-electron chi connectivity index (χ0n) is 18.7. The summed E-state index contributed by atoms with van der Waals surface area (Å²) in [7, 11) is 1.76. The molecule has 1 heterocycles. The van der Waals surface area contributed by atoms with Gasteiger partial charge in [0.25, 0.3) is 0 Å². The van der Waals surface area contributed by atoms with E-state index in [9.17, 15) is 4.79 Å². The molecule has 0 aliphatic carbocycles. The summed E-state index contributed by atoms with van der Waals surface area (Å²) < 4.78 is 5.98. The molecular weight excluding hydrogens is 503 g/mol. The van der Waals surface area contributed by atoms with Crippen molar-refractivity contribution in [1.82, 2.24) is 10.6 Å². The van der Waals surface area contributed by atoms with E-state index < -0.39 is 0 Å². The number of hydrogen-bond acceptors (Lipinski definition) is 3. The van der Waals surface area contributed by atoms with E-state index in [2.05, 4.69) is 59.9 Å². The number of guanidine groups is 1. The van der Waals surface area contributed by atoms with E-state index in [1.54, 1.807) is 7.05 Å². The van der Waals surface area contributed by atoms with Crippen molar-refractivity contribution in [2.24, 2.45) is 4.99 Å². The van der Waals surface area contributed by atoms with Crippen LogP contribution in [0.1, 0.15) is 41.0 Å². The second-order valence-electron chi connectivity index (χ2n) is 7.82. The number of halogens is 1. The molecule has 31 heavy (non-hydrogen) atoms. The Morgan fingerprint density at radius 2 is 1.97 bits per heavy atom. The molecular formula is C24H33IN4O2. The lowest BCUT2D eigenvalue weighted by molar-refractivity contribution is -0.116. The summed E-state index contributed by atoms with van der Waals surface area (Å²) in [5.74, 6) is 1.89. The fraction of sp³-hybridized carbons (Fsp3) is 0.417. The van der Waals surface area contributed by atoms with Crippen molar-refractivity contribution in [2.75, 3.05) is 32.1 Å². The van der Waals surface area contributed by atoms with Gasteiger partial charge in [-0.05, 0) is 61.6 Å². The van der Waals surface area contributed by atoms with Crippen LogP contribution in [0.3, 0.4) is 0 Å². The fourth-order valence-corrected chi connectivity index (χ4v) is 3.74. The average Bonchev–Trinajstić information content (AvgIpc) is 2.73. The van der Waals surface area contributed by atoms with Crippen LogP contribution in [0.2, 0.25) is 0 Å². The minimum Gasteiger partial charge on any atom is -0.493 e. The van der Waals surface area contributed by atoms with Crippen molar-refractivity contribution < 1.29 is 9.53 Å².